The lowest BCUT2D eigenvalue weighted by Crippen LogP contribution is -2.23. The summed E-state index contributed by atoms with van der Waals surface area (Å²) in [6.07, 6.45) is -0.0898. The Hall–Kier alpha value is -2.90. The van der Waals surface area contributed by atoms with Gasteiger partial charge in [0.25, 0.3) is 5.91 Å². The topological polar surface area (TPSA) is 88.9 Å². The molecule has 2 heterocycles. The van der Waals surface area contributed by atoms with E-state index in [-0.39, 0.29) is 18.2 Å². The van der Waals surface area contributed by atoms with Crippen LogP contribution >= 0.6 is 23.2 Å². The zero-order chi connectivity index (χ0) is 19.0. The second kappa shape index (κ2) is 7.02. The van der Waals surface area contributed by atoms with Crippen LogP contribution in [0.5, 0.6) is 0 Å². The van der Waals surface area contributed by atoms with Gasteiger partial charge < -0.3 is 5.32 Å². The van der Waals surface area contributed by atoms with Crippen molar-refractivity contribution in [3.05, 3.63) is 58.6 Å². The average molecular weight is 402 g/mol. The number of amides is 2. The van der Waals surface area contributed by atoms with Gasteiger partial charge in [0.05, 0.1) is 17.1 Å². The van der Waals surface area contributed by atoms with Gasteiger partial charge in [-0.05, 0) is 36.4 Å². The van der Waals surface area contributed by atoms with Crippen LogP contribution < -0.4 is 10.6 Å². The number of halogens is 2. The van der Waals surface area contributed by atoms with E-state index in [0.29, 0.717) is 27.5 Å². The van der Waals surface area contributed by atoms with E-state index in [4.69, 9.17) is 23.2 Å². The number of nitrogens with zero attached hydrogens (tertiary/aromatic N) is 3. The quantitative estimate of drug-likeness (QED) is 0.695. The smallest absolute Gasteiger partial charge is 0.252 e. The Morgan fingerprint density at radius 2 is 1.89 bits per heavy atom. The van der Waals surface area contributed by atoms with Crippen LogP contribution in [-0.4, -0.2) is 26.6 Å². The van der Waals surface area contributed by atoms with Gasteiger partial charge in [-0.3, -0.25) is 14.9 Å². The molecule has 0 unspecified atom stereocenters. The monoisotopic (exact) mass is 401 g/mol. The van der Waals surface area contributed by atoms with Crippen LogP contribution in [0.3, 0.4) is 0 Å². The minimum atomic E-state index is -0.781. The van der Waals surface area contributed by atoms with Crippen LogP contribution in [-0.2, 0) is 9.59 Å². The largest absolute Gasteiger partial charge is 0.325 e. The summed E-state index contributed by atoms with van der Waals surface area (Å²) in [5, 5.41) is 10.8. The molecule has 0 radical (unpaired) electrons. The molecule has 0 aliphatic carbocycles. The highest BCUT2D eigenvalue weighted by Crippen LogP contribution is 2.29. The van der Waals surface area contributed by atoms with E-state index in [0.717, 1.165) is 5.56 Å². The third kappa shape index (κ3) is 3.51. The molecule has 0 bridgehead atoms. The number of para-hydroxylation sites is 1. The number of hydrogen-bond donors (Lipinski definition) is 2. The van der Waals surface area contributed by atoms with Gasteiger partial charge in [0.1, 0.15) is 6.04 Å². The van der Waals surface area contributed by atoms with Crippen molar-refractivity contribution in [2.75, 3.05) is 10.6 Å². The number of carbonyl (C=O) groups excluding carboxylic acids is 2. The Morgan fingerprint density at radius 3 is 2.63 bits per heavy atom. The van der Waals surface area contributed by atoms with Crippen molar-refractivity contribution < 1.29 is 9.59 Å². The molecule has 0 saturated carbocycles. The van der Waals surface area contributed by atoms with E-state index in [1.54, 1.807) is 48.5 Å². The first kappa shape index (κ1) is 17.5. The van der Waals surface area contributed by atoms with Crippen LogP contribution in [0.2, 0.25) is 10.0 Å². The number of rotatable bonds is 4. The van der Waals surface area contributed by atoms with Crippen molar-refractivity contribution in [1.29, 1.82) is 0 Å². The summed E-state index contributed by atoms with van der Waals surface area (Å²) < 4.78 is 1.43. The van der Waals surface area contributed by atoms with Crippen molar-refractivity contribution in [2.24, 2.45) is 0 Å². The predicted molar refractivity (Wildman–Crippen MR) is 103 cm³/mol. The Morgan fingerprint density at radius 1 is 1.15 bits per heavy atom. The highest BCUT2D eigenvalue weighted by atomic mass is 35.5. The number of anilines is 2. The Balaban J connectivity index is 1.53. The molecule has 1 atom stereocenters. The lowest BCUT2D eigenvalue weighted by atomic mass is 10.2. The molecule has 2 amide bonds. The van der Waals surface area contributed by atoms with E-state index in [9.17, 15) is 9.59 Å². The first-order valence-electron chi connectivity index (χ1n) is 8.09. The highest BCUT2D eigenvalue weighted by Gasteiger charge is 2.35. The van der Waals surface area contributed by atoms with Gasteiger partial charge in [0.15, 0.2) is 5.82 Å². The molecule has 0 saturated heterocycles. The van der Waals surface area contributed by atoms with Gasteiger partial charge in [0.2, 0.25) is 11.9 Å². The molecular weight excluding hydrogens is 389 g/mol. The molecule has 2 N–H and O–H groups in total. The van der Waals surface area contributed by atoms with Crippen molar-refractivity contribution in [3.8, 4) is 11.4 Å². The van der Waals surface area contributed by atoms with Crippen molar-refractivity contribution in [1.82, 2.24) is 14.8 Å². The standard InChI is InChI=1S/C18H13Cl2N5O2/c19-11-7-5-10(6-8-11)16-22-18-23-17(27)14(25(18)24-16)9-15(26)21-13-4-2-1-3-12(13)20/h1-8,14H,9H2,(H,21,26)(H,22,23,24,27)/t14-/m0/s1. The maximum Gasteiger partial charge on any atom is 0.252 e. The van der Waals surface area contributed by atoms with E-state index in [2.05, 4.69) is 20.7 Å². The fourth-order valence-corrected chi connectivity index (χ4v) is 3.08. The Labute approximate surface area is 164 Å². The van der Waals surface area contributed by atoms with E-state index in [1.165, 1.54) is 4.68 Å². The Bertz CT molecular complexity index is 1030. The van der Waals surface area contributed by atoms with E-state index in [1.807, 2.05) is 0 Å². The third-order valence-corrected chi connectivity index (χ3v) is 4.67. The molecule has 136 valence electrons. The Kier molecular flexibility index (Phi) is 4.55. The number of nitrogens with one attached hydrogen (secondary N) is 2. The highest BCUT2D eigenvalue weighted by molar-refractivity contribution is 6.33. The molecule has 27 heavy (non-hydrogen) atoms. The van der Waals surface area contributed by atoms with Crippen LogP contribution in [0.1, 0.15) is 12.5 Å². The molecule has 2 aromatic carbocycles. The average Bonchev–Trinajstić information content (AvgIpc) is 3.17. The number of fused-ring (bicyclic) bond motifs is 1. The lowest BCUT2D eigenvalue weighted by molar-refractivity contribution is -0.123. The van der Waals surface area contributed by atoms with Crippen LogP contribution in [0.4, 0.5) is 11.6 Å². The summed E-state index contributed by atoms with van der Waals surface area (Å²) >= 11 is 11.9. The molecule has 1 aliphatic rings. The zero-order valence-corrected chi connectivity index (χ0v) is 15.3. The van der Waals surface area contributed by atoms with Gasteiger partial charge in [-0.2, -0.15) is 4.98 Å². The molecule has 7 nitrogen and oxygen atoms in total. The first-order chi connectivity index (χ1) is 13.0. The molecule has 1 aromatic heterocycles. The van der Waals surface area contributed by atoms with Crippen molar-refractivity contribution in [3.63, 3.8) is 0 Å². The summed E-state index contributed by atoms with van der Waals surface area (Å²) in [7, 11) is 0. The summed E-state index contributed by atoms with van der Waals surface area (Å²) in [6.45, 7) is 0. The van der Waals surface area contributed by atoms with Gasteiger partial charge in [-0.15, -0.1) is 5.10 Å². The molecule has 3 aromatic rings. The SMILES string of the molecule is O=C(C[C@H]1C(=O)Nc2nc(-c3ccc(Cl)cc3)nn21)Nc1ccccc1Cl. The van der Waals surface area contributed by atoms with Crippen LogP contribution in [0.15, 0.2) is 48.5 Å². The van der Waals surface area contributed by atoms with E-state index >= 15 is 0 Å². The normalized spacial score (nSPS) is 15.3. The maximum absolute atomic E-state index is 12.4. The van der Waals surface area contributed by atoms with Gasteiger partial charge in [-0.1, -0.05) is 35.3 Å². The van der Waals surface area contributed by atoms with Crippen molar-refractivity contribution >= 4 is 46.7 Å². The van der Waals surface area contributed by atoms with Crippen LogP contribution in [0, 0.1) is 0 Å². The van der Waals surface area contributed by atoms with Crippen LogP contribution in [0.25, 0.3) is 11.4 Å². The third-order valence-electron chi connectivity index (χ3n) is 4.09. The summed E-state index contributed by atoms with van der Waals surface area (Å²) in [5.41, 5.74) is 1.25. The molecule has 9 heteroatoms. The minimum Gasteiger partial charge on any atom is -0.325 e. The van der Waals surface area contributed by atoms with E-state index < -0.39 is 6.04 Å². The first-order valence-corrected chi connectivity index (χ1v) is 8.84. The molecule has 4 rings (SSSR count). The lowest BCUT2D eigenvalue weighted by Gasteiger charge is -2.10. The summed E-state index contributed by atoms with van der Waals surface area (Å²) in [5.74, 6) is 0.0697. The summed E-state index contributed by atoms with van der Waals surface area (Å²) in [6, 6.07) is 13.1. The number of aromatic nitrogens is 3. The van der Waals surface area contributed by atoms with Crippen molar-refractivity contribution in [2.45, 2.75) is 12.5 Å². The second-order valence-corrected chi connectivity index (χ2v) is 6.79. The van der Waals surface area contributed by atoms with Gasteiger partial charge in [0, 0.05) is 10.6 Å². The molecular formula is C18H13Cl2N5O2. The molecule has 1 aliphatic heterocycles. The molecule has 0 spiro atoms. The maximum atomic E-state index is 12.4. The second-order valence-electron chi connectivity index (χ2n) is 5.95. The van der Waals surface area contributed by atoms with Gasteiger partial charge >= 0.3 is 0 Å². The number of carbonyl (C=O) groups is 2. The minimum absolute atomic E-state index is 0.0898. The fourth-order valence-electron chi connectivity index (χ4n) is 2.77. The number of benzene rings is 2. The predicted octanol–water partition coefficient (Wildman–Crippen LogP) is 3.77. The zero-order valence-electron chi connectivity index (χ0n) is 13.8. The summed E-state index contributed by atoms with van der Waals surface area (Å²) in [4.78, 5) is 28.9. The number of hydrogen-bond acceptors (Lipinski definition) is 4. The van der Waals surface area contributed by atoms with Gasteiger partial charge in [-0.25, -0.2) is 4.68 Å². The fraction of sp³-hybridized carbons (Fsp3) is 0.111. The molecule has 0 fully saturated rings.